The van der Waals surface area contributed by atoms with Crippen LogP contribution in [0.25, 0.3) is 0 Å². The van der Waals surface area contributed by atoms with Gasteiger partial charge in [0.25, 0.3) is 5.91 Å². The van der Waals surface area contributed by atoms with E-state index in [4.69, 9.17) is 10.00 Å². The summed E-state index contributed by atoms with van der Waals surface area (Å²) in [5.41, 5.74) is 2.55. The molecule has 0 aliphatic heterocycles. The van der Waals surface area contributed by atoms with Crippen molar-refractivity contribution in [1.29, 1.82) is 5.26 Å². The van der Waals surface area contributed by atoms with Gasteiger partial charge in [-0.2, -0.15) is 5.26 Å². The zero-order valence-corrected chi connectivity index (χ0v) is 12.5. The normalized spacial score (nSPS) is 10.8. The van der Waals surface area contributed by atoms with Gasteiger partial charge in [-0.05, 0) is 24.5 Å². The summed E-state index contributed by atoms with van der Waals surface area (Å²) in [6.07, 6.45) is 2.30. The molecule has 1 aromatic rings. The van der Waals surface area contributed by atoms with E-state index in [0.29, 0.717) is 19.7 Å². The third-order valence-electron chi connectivity index (χ3n) is 3.00. The summed E-state index contributed by atoms with van der Waals surface area (Å²) >= 11 is 0. The first-order valence-corrected chi connectivity index (χ1v) is 6.84. The van der Waals surface area contributed by atoms with Crippen LogP contribution in [0.4, 0.5) is 0 Å². The fraction of sp³-hybridized carbons (Fsp3) is 0.375. The molecule has 0 fully saturated rings. The zero-order valence-electron chi connectivity index (χ0n) is 12.5. The second-order valence-corrected chi connectivity index (χ2v) is 4.55. The molecular weight excluding hydrogens is 266 g/mol. The average Bonchev–Trinajstić information content (AvgIpc) is 2.49. The van der Waals surface area contributed by atoms with Crippen LogP contribution in [-0.2, 0) is 16.0 Å². The molecule has 0 unspecified atom stereocenters. The van der Waals surface area contributed by atoms with Crippen molar-refractivity contribution in [3.63, 3.8) is 0 Å². The summed E-state index contributed by atoms with van der Waals surface area (Å²) in [6, 6.07) is 10.0. The number of amides is 1. The molecule has 1 rings (SSSR count). The quantitative estimate of drug-likeness (QED) is 0.429. The fourth-order valence-electron chi connectivity index (χ4n) is 1.78. The average molecular weight is 287 g/mol. The number of carbonyl (C=O) groups excluding carboxylic acids is 1. The highest BCUT2D eigenvalue weighted by Gasteiger charge is 2.07. The maximum absolute atomic E-state index is 11.7. The molecule has 0 heterocycles. The van der Waals surface area contributed by atoms with Gasteiger partial charge in [0, 0.05) is 26.4 Å². The molecule has 5 nitrogen and oxygen atoms in total. The number of rotatable bonds is 8. The highest BCUT2D eigenvalue weighted by Crippen LogP contribution is 2.06. The van der Waals surface area contributed by atoms with E-state index in [1.807, 2.05) is 18.2 Å². The molecule has 2 N–H and O–H groups in total. The third kappa shape index (κ3) is 6.11. The van der Waals surface area contributed by atoms with Crippen molar-refractivity contribution in [2.24, 2.45) is 0 Å². The Morgan fingerprint density at radius 1 is 1.38 bits per heavy atom. The predicted molar refractivity (Wildman–Crippen MR) is 81.5 cm³/mol. The van der Waals surface area contributed by atoms with Crippen LogP contribution in [0.5, 0.6) is 0 Å². The van der Waals surface area contributed by atoms with E-state index >= 15 is 0 Å². The molecule has 1 amide bonds. The number of nitriles is 1. The topological polar surface area (TPSA) is 74.1 Å². The van der Waals surface area contributed by atoms with Gasteiger partial charge < -0.3 is 15.4 Å². The minimum atomic E-state index is -0.391. The van der Waals surface area contributed by atoms with Gasteiger partial charge in [-0.1, -0.05) is 24.3 Å². The number of nitrogens with zero attached hydrogens (tertiary/aromatic N) is 1. The first-order valence-electron chi connectivity index (χ1n) is 6.84. The van der Waals surface area contributed by atoms with Gasteiger partial charge in [0.05, 0.1) is 6.61 Å². The summed E-state index contributed by atoms with van der Waals surface area (Å²) < 4.78 is 4.83. The molecule has 21 heavy (non-hydrogen) atoms. The fourth-order valence-corrected chi connectivity index (χ4v) is 1.78. The van der Waals surface area contributed by atoms with E-state index in [-0.39, 0.29) is 5.57 Å². The van der Waals surface area contributed by atoms with E-state index in [1.54, 1.807) is 7.11 Å². The molecule has 0 saturated carbocycles. The number of benzene rings is 1. The van der Waals surface area contributed by atoms with Crippen LogP contribution in [0.1, 0.15) is 11.1 Å². The zero-order chi connectivity index (χ0) is 15.5. The van der Waals surface area contributed by atoms with Crippen LogP contribution in [0.15, 0.2) is 36.0 Å². The van der Waals surface area contributed by atoms with Crippen molar-refractivity contribution in [3.8, 4) is 6.07 Å². The van der Waals surface area contributed by atoms with Gasteiger partial charge in [-0.25, -0.2) is 0 Å². The number of ether oxygens (including phenoxy) is 1. The van der Waals surface area contributed by atoms with E-state index in [0.717, 1.165) is 6.42 Å². The van der Waals surface area contributed by atoms with Gasteiger partial charge >= 0.3 is 0 Å². The molecule has 0 bridgehead atoms. The third-order valence-corrected chi connectivity index (χ3v) is 3.00. The van der Waals surface area contributed by atoms with Crippen LogP contribution in [-0.4, -0.2) is 32.7 Å². The van der Waals surface area contributed by atoms with Crippen LogP contribution >= 0.6 is 0 Å². The number of hydrogen-bond acceptors (Lipinski definition) is 4. The van der Waals surface area contributed by atoms with Gasteiger partial charge in [-0.3, -0.25) is 4.79 Å². The Balaban J connectivity index is 2.41. The Bertz CT molecular complexity index is 533. The van der Waals surface area contributed by atoms with Gasteiger partial charge in [0.1, 0.15) is 11.6 Å². The predicted octanol–water partition coefficient (Wildman–Crippen LogP) is 1.30. The van der Waals surface area contributed by atoms with Crippen molar-refractivity contribution >= 4 is 5.91 Å². The first-order chi connectivity index (χ1) is 10.2. The van der Waals surface area contributed by atoms with Gasteiger partial charge in [0.15, 0.2) is 0 Å². The van der Waals surface area contributed by atoms with Crippen molar-refractivity contribution in [2.75, 3.05) is 26.8 Å². The Morgan fingerprint density at radius 2 is 2.14 bits per heavy atom. The molecular formula is C16H21N3O2. The Labute approximate surface area is 125 Å². The molecule has 0 saturated heterocycles. The molecule has 0 aliphatic carbocycles. The molecule has 0 radical (unpaired) electrons. The Kier molecular flexibility index (Phi) is 7.62. The van der Waals surface area contributed by atoms with E-state index in [9.17, 15) is 4.79 Å². The van der Waals surface area contributed by atoms with Crippen molar-refractivity contribution in [3.05, 3.63) is 47.2 Å². The summed E-state index contributed by atoms with van der Waals surface area (Å²) in [4.78, 5) is 11.7. The highest BCUT2D eigenvalue weighted by molar-refractivity contribution is 5.97. The van der Waals surface area contributed by atoms with E-state index in [2.05, 4.69) is 29.7 Å². The smallest absolute Gasteiger partial charge is 0.263 e. The highest BCUT2D eigenvalue weighted by atomic mass is 16.5. The summed E-state index contributed by atoms with van der Waals surface area (Å²) in [5, 5.41) is 14.6. The number of carbonyl (C=O) groups is 1. The van der Waals surface area contributed by atoms with Crippen molar-refractivity contribution < 1.29 is 9.53 Å². The summed E-state index contributed by atoms with van der Waals surface area (Å²) in [7, 11) is 1.56. The molecule has 0 atom stereocenters. The molecule has 0 spiro atoms. The van der Waals surface area contributed by atoms with Gasteiger partial charge in [0.2, 0.25) is 0 Å². The lowest BCUT2D eigenvalue weighted by atomic mass is 10.1. The largest absolute Gasteiger partial charge is 0.389 e. The van der Waals surface area contributed by atoms with Crippen LogP contribution in [0.2, 0.25) is 0 Å². The lowest BCUT2D eigenvalue weighted by Crippen LogP contribution is -2.28. The monoisotopic (exact) mass is 287 g/mol. The standard InChI is InChI=1S/C16H21N3O2/c1-13-5-3-4-6-14(13)7-8-18-12-15(11-17)16(20)19-9-10-21-2/h3-6,12,18H,7-10H2,1-2H3,(H,19,20)/b15-12-. The second-order valence-electron chi connectivity index (χ2n) is 4.55. The lowest BCUT2D eigenvalue weighted by Gasteiger charge is -2.06. The summed E-state index contributed by atoms with van der Waals surface area (Å²) in [5.74, 6) is -0.391. The van der Waals surface area contributed by atoms with Crippen molar-refractivity contribution in [1.82, 2.24) is 10.6 Å². The number of aryl methyl sites for hydroxylation is 1. The van der Waals surface area contributed by atoms with Crippen LogP contribution in [0.3, 0.4) is 0 Å². The first kappa shape index (κ1) is 16.7. The van der Waals surface area contributed by atoms with Gasteiger partial charge in [-0.15, -0.1) is 0 Å². The molecule has 0 aromatic heterocycles. The molecule has 0 aliphatic rings. The maximum Gasteiger partial charge on any atom is 0.263 e. The second kappa shape index (κ2) is 9.56. The van der Waals surface area contributed by atoms with E-state index in [1.165, 1.54) is 17.3 Å². The number of nitrogens with one attached hydrogen (secondary N) is 2. The molecule has 112 valence electrons. The molecule has 5 heteroatoms. The maximum atomic E-state index is 11.7. The molecule has 1 aromatic carbocycles. The summed E-state index contributed by atoms with van der Waals surface area (Å²) in [6.45, 7) is 3.54. The van der Waals surface area contributed by atoms with E-state index < -0.39 is 5.91 Å². The van der Waals surface area contributed by atoms with Crippen molar-refractivity contribution in [2.45, 2.75) is 13.3 Å². The number of methoxy groups -OCH3 is 1. The lowest BCUT2D eigenvalue weighted by molar-refractivity contribution is -0.117. The minimum absolute atomic E-state index is 0.0656. The Morgan fingerprint density at radius 3 is 2.81 bits per heavy atom. The SMILES string of the molecule is COCCNC(=O)/C(C#N)=C\NCCc1ccccc1C. The van der Waals surface area contributed by atoms with Crippen LogP contribution < -0.4 is 10.6 Å². The Hall–Kier alpha value is -2.32. The minimum Gasteiger partial charge on any atom is -0.389 e. The number of hydrogen-bond donors (Lipinski definition) is 2. The van der Waals surface area contributed by atoms with Crippen LogP contribution in [0, 0.1) is 18.3 Å².